The molecule has 0 radical (unpaired) electrons. The normalized spacial score (nSPS) is 24.7. The van der Waals surface area contributed by atoms with Crippen molar-refractivity contribution in [1.29, 1.82) is 0 Å². The minimum Gasteiger partial charge on any atom is -0.381 e. The van der Waals surface area contributed by atoms with Crippen molar-refractivity contribution in [1.82, 2.24) is 10.2 Å². The Balaban J connectivity index is 1.53. The minimum atomic E-state index is -0.714. The molecule has 6 heteroatoms. The molecule has 29 heavy (non-hydrogen) atoms. The van der Waals surface area contributed by atoms with Gasteiger partial charge in [0.2, 0.25) is 5.91 Å². The summed E-state index contributed by atoms with van der Waals surface area (Å²) >= 11 is 0. The predicted octanol–water partition coefficient (Wildman–Crippen LogP) is 3.03. The van der Waals surface area contributed by atoms with E-state index in [1.54, 1.807) is 6.07 Å². The predicted molar refractivity (Wildman–Crippen MR) is 109 cm³/mol. The summed E-state index contributed by atoms with van der Waals surface area (Å²) in [5.74, 6) is -0.287. The van der Waals surface area contributed by atoms with Crippen LogP contribution in [-0.2, 0) is 19.7 Å². The molecule has 160 valence electrons. The van der Waals surface area contributed by atoms with Crippen LogP contribution >= 0.6 is 0 Å². The third kappa shape index (κ3) is 4.35. The first kappa shape index (κ1) is 20.8. The van der Waals surface area contributed by atoms with Gasteiger partial charge in [0.25, 0.3) is 0 Å². The van der Waals surface area contributed by atoms with Gasteiger partial charge in [-0.15, -0.1) is 0 Å². The molecule has 3 aliphatic rings. The van der Waals surface area contributed by atoms with Crippen molar-refractivity contribution in [3.8, 4) is 0 Å². The fourth-order valence-electron chi connectivity index (χ4n) is 5.29. The molecule has 0 atom stereocenters. The third-order valence-electron chi connectivity index (χ3n) is 7.19. The lowest BCUT2D eigenvalue weighted by molar-refractivity contribution is -0.132. The minimum absolute atomic E-state index is 0.00859. The zero-order valence-electron chi connectivity index (χ0n) is 17.3. The third-order valence-corrected chi connectivity index (χ3v) is 7.19. The first-order valence-electron chi connectivity index (χ1n) is 11.1. The summed E-state index contributed by atoms with van der Waals surface area (Å²) in [7, 11) is 0. The van der Waals surface area contributed by atoms with Crippen LogP contribution < -0.4 is 5.32 Å². The molecule has 3 fully saturated rings. The number of amides is 1. The van der Waals surface area contributed by atoms with E-state index in [9.17, 15) is 9.18 Å². The average Bonchev–Trinajstić information content (AvgIpc) is 2.79. The van der Waals surface area contributed by atoms with Gasteiger partial charge in [0.1, 0.15) is 5.82 Å². The van der Waals surface area contributed by atoms with E-state index in [2.05, 4.69) is 10.2 Å². The maximum atomic E-state index is 14.0. The van der Waals surface area contributed by atoms with Gasteiger partial charge in [-0.05, 0) is 69.3 Å². The molecular formula is C23H33FN2O3. The Morgan fingerprint density at radius 1 is 1.00 bits per heavy atom. The highest BCUT2D eigenvalue weighted by Gasteiger charge is 2.44. The van der Waals surface area contributed by atoms with E-state index in [1.807, 2.05) is 6.07 Å². The van der Waals surface area contributed by atoms with Crippen LogP contribution in [0, 0.1) is 5.82 Å². The Labute approximate surface area is 172 Å². The van der Waals surface area contributed by atoms with Crippen LogP contribution in [0.4, 0.5) is 4.39 Å². The van der Waals surface area contributed by atoms with Crippen LogP contribution in [-0.4, -0.2) is 62.4 Å². The molecule has 0 aliphatic carbocycles. The van der Waals surface area contributed by atoms with Crippen molar-refractivity contribution in [2.24, 2.45) is 0 Å². The Kier molecular flexibility index (Phi) is 6.52. The van der Waals surface area contributed by atoms with Gasteiger partial charge in [0.15, 0.2) is 0 Å². The standard InChI is InChI=1S/C23H33FN2O3/c24-20-6-4-5-19(17-20)23(9-15-29-16-10-23)21(27)25-18-22(7-13-28-14-8-22)26-11-2-1-3-12-26/h4-6,17H,1-3,7-16,18H2,(H,25,27). The number of nitrogens with one attached hydrogen (secondary N) is 1. The number of benzene rings is 1. The fraction of sp³-hybridized carbons (Fsp3) is 0.696. The molecule has 0 saturated carbocycles. The molecule has 3 heterocycles. The van der Waals surface area contributed by atoms with Crippen molar-refractivity contribution < 1.29 is 18.7 Å². The number of ether oxygens (including phenoxy) is 2. The Morgan fingerprint density at radius 3 is 2.31 bits per heavy atom. The van der Waals surface area contributed by atoms with Crippen LogP contribution in [0.15, 0.2) is 24.3 Å². The molecule has 0 bridgehead atoms. The molecule has 0 aromatic heterocycles. The van der Waals surface area contributed by atoms with Crippen molar-refractivity contribution in [2.45, 2.75) is 55.9 Å². The summed E-state index contributed by atoms with van der Waals surface area (Å²) in [6, 6.07) is 6.52. The maximum absolute atomic E-state index is 14.0. The first-order valence-corrected chi connectivity index (χ1v) is 11.1. The second-order valence-electron chi connectivity index (χ2n) is 8.77. The Bertz CT molecular complexity index is 693. The molecule has 1 aromatic carbocycles. The van der Waals surface area contributed by atoms with Crippen LogP contribution in [0.3, 0.4) is 0 Å². The molecule has 1 aromatic rings. The van der Waals surface area contributed by atoms with Crippen LogP contribution in [0.1, 0.15) is 50.5 Å². The maximum Gasteiger partial charge on any atom is 0.230 e. The monoisotopic (exact) mass is 404 g/mol. The van der Waals surface area contributed by atoms with Gasteiger partial charge in [0, 0.05) is 38.5 Å². The van der Waals surface area contributed by atoms with E-state index in [1.165, 1.54) is 31.4 Å². The van der Waals surface area contributed by atoms with E-state index in [0.717, 1.165) is 44.7 Å². The van der Waals surface area contributed by atoms with E-state index < -0.39 is 5.41 Å². The van der Waals surface area contributed by atoms with Gasteiger partial charge in [-0.25, -0.2) is 4.39 Å². The molecule has 3 saturated heterocycles. The summed E-state index contributed by atoms with van der Waals surface area (Å²) in [5.41, 5.74) is 0.0225. The molecule has 4 rings (SSSR count). The number of hydrogen-bond donors (Lipinski definition) is 1. The summed E-state index contributed by atoms with van der Waals surface area (Å²) in [4.78, 5) is 16.1. The summed E-state index contributed by atoms with van der Waals surface area (Å²) in [5, 5.41) is 3.30. The van der Waals surface area contributed by atoms with Gasteiger partial charge in [-0.1, -0.05) is 18.6 Å². The zero-order chi connectivity index (χ0) is 20.2. The quantitative estimate of drug-likeness (QED) is 0.820. The van der Waals surface area contributed by atoms with Crippen LogP contribution in [0.2, 0.25) is 0 Å². The highest BCUT2D eigenvalue weighted by Crippen LogP contribution is 2.36. The molecule has 0 unspecified atom stereocenters. The van der Waals surface area contributed by atoms with Gasteiger partial charge < -0.3 is 14.8 Å². The average molecular weight is 405 g/mol. The molecule has 1 N–H and O–H groups in total. The van der Waals surface area contributed by atoms with Gasteiger partial charge >= 0.3 is 0 Å². The summed E-state index contributed by atoms with van der Waals surface area (Å²) < 4.78 is 25.1. The number of nitrogens with zero attached hydrogens (tertiary/aromatic N) is 1. The lowest BCUT2D eigenvalue weighted by Gasteiger charge is -2.48. The van der Waals surface area contributed by atoms with E-state index in [4.69, 9.17) is 9.47 Å². The molecule has 5 nitrogen and oxygen atoms in total. The lowest BCUT2D eigenvalue weighted by atomic mass is 9.73. The molecule has 1 amide bonds. The number of halogens is 1. The van der Waals surface area contributed by atoms with E-state index in [0.29, 0.717) is 32.6 Å². The smallest absolute Gasteiger partial charge is 0.230 e. The van der Waals surface area contributed by atoms with Crippen LogP contribution in [0.25, 0.3) is 0 Å². The van der Waals surface area contributed by atoms with Crippen molar-refractivity contribution in [2.75, 3.05) is 46.1 Å². The van der Waals surface area contributed by atoms with Crippen LogP contribution in [0.5, 0.6) is 0 Å². The Morgan fingerprint density at radius 2 is 1.66 bits per heavy atom. The van der Waals surface area contributed by atoms with Crippen molar-refractivity contribution in [3.63, 3.8) is 0 Å². The zero-order valence-corrected chi connectivity index (χ0v) is 17.3. The highest BCUT2D eigenvalue weighted by molar-refractivity contribution is 5.88. The number of carbonyl (C=O) groups excluding carboxylic acids is 1. The number of hydrogen-bond acceptors (Lipinski definition) is 4. The fourth-order valence-corrected chi connectivity index (χ4v) is 5.29. The molecule has 3 aliphatic heterocycles. The van der Waals surface area contributed by atoms with Crippen molar-refractivity contribution in [3.05, 3.63) is 35.6 Å². The highest BCUT2D eigenvalue weighted by atomic mass is 19.1. The molecular weight excluding hydrogens is 371 g/mol. The summed E-state index contributed by atoms with van der Waals surface area (Å²) in [6.45, 7) is 5.36. The topological polar surface area (TPSA) is 50.8 Å². The number of likely N-dealkylation sites (tertiary alicyclic amines) is 1. The SMILES string of the molecule is O=C(NCC1(N2CCCCC2)CCOCC1)C1(c2cccc(F)c2)CCOCC1. The lowest BCUT2D eigenvalue weighted by Crippen LogP contribution is -2.61. The van der Waals surface area contributed by atoms with E-state index in [-0.39, 0.29) is 17.3 Å². The first-order chi connectivity index (χ1) is 14.1. The van der Waals surface area contributed by atoms with Gasteiger partial charge in [0.05, 0.1) is 5.41 Å². The number of carbonyl (C=O) groups is 1. The second-order valence-corrected chi connectivity index (χ2v) is 8.77. The molecule has 0 spiro atoms. The number of piperidine rings is 1. The largest absolute Gasteiger partial charge is 0.381 e. The van der Waals surface area contributed by atoms with Gasteiger partial charge in [-0.2, -0.15) is 0 Å². The van der Waals surface area contributed by atoms with Crippen molar-refractivity contribution >= 4 is 5.91 Å². The number of rotatable bonds is 5. The Hall–Kier alpha value is -1.50. The van der Waals surface area contributed by atoms with Gasteiger partial charge in [-0.3, -0.25) is 9.69 Å². The van der Waals surface area contributed by atoms with E-state index >= 15 is 0 Å². The second kappa shape index (κ2) is 9.11. The summed E-state index contributed by atoms with van der Waals surface area (Å²) in [6.07, 6.45) is 6.80.